The minimum absolute atomic E-state index is 0.0325. The van der Waals surface area contributed by atoms with Crippen LogP contribution in [-0.2, 0) is 22.4 Å². The molecule has 0 bridgehead atoms. The Balaban J connectivity index is 1.40. The monoisotopic (exact) mass is 436 g/mol. The summed E-state index contributed by atoms with van der Waals surface area (Å²) in [5.41, 5.74) is 4.01. The average Bonchev–Trinajstić information content (AvgIpc) is 3.28. The maximum absolute atomic E-state index is 12.4. The molecule has 2 aliphatic carbocycles. The molecule has 2 aliphatic rings. The molecule has 0 aromatic heterocycles. The van der Waals surface area contributed by atoms with Crippen LogP contribution in [-0.4, -0.2) is 28.1 Å². The largest absolute Gasteiger partial charge is 0.481 e. The topological polar surface area (TPSA) is 74.6 Å². The highest BCUT2D eigenvalue weighted by Crippen LogP contribution is 2.34. The van der Waals surface area contributed by atoms with Gasteiger partial charge in [-0.1, -0.05) is 60.6 Å². The molecule has 0 fully saturated rings. The van der Waals surface area contributed by atoms with Crippen LogP contribution in [0.4, 0.5) is 0 Å². The van der Waals surface area contributed by atoms with E-state index in [-0.39, 0.29) is 24.0 Å². The second-order valence-corrected chi connectivity index (χ2v) is 9.34. The Bertz CT molecular complexity index is 854. The van der Waals surface area contributed by atoms with Gasteiger partial charge >= 0.3 is 5.97 Å². The zero-order valence-corrected chi connectivity index (χ0v) is 19.1. The molecule has 0 saturated heterocycles. The van der Waals surface area contributed by atoms with E-state index in [1.54, 1.807) is 6.08 Å². The minimum atomic E-state index is -0.777. The second kappa shape index (κ2) is 12.0. The van der Waals surface area contributed by atoms with Gasteiger partial charge in [0.05, 0.1) is 6.10 Å². The summed E-state index contributed by atoms with van der Waals surface area (Å²) in [4.78, 5) is 22.9. The van der Waals surface area contributed by atoms with Gasteiger partial charge in [-0.3, -0.25) is 9.59 Å². The van der Waals surface area contributed by atoms with E-state index in [4.69, 9.17) is 5.11 Å². The summed E-state index contributed by atoms with van der Waals surface area (Å²) in [6.45, 7) is 1.98. The normalized spacial score (nSPS) is 22.1. The van der Waals surface area contributed by atoms with E-state index in [1.807, 2.05) is 31.2 Å². The maximum atomic E-state index is 12.4. The van der Waals surface area contributed by atoms with Gasteiger partial charge in [-0.15, -0.1) is 0 Å². The van der Waals surface area contributed by atoms with Crippen LogP contribution in [0.25, 0.3) is 0 Å². The fourth-order valence-electron chi connectivity index (χ4n) is 5.02. The third-order valence-corrected chi connectivity index (χ3v) is 6.80. The fraction of sp³-hybridized carbons (Fsp3) is 0.500. The molecule has 4 heteroatoms. The summed E-state index contributed by atoms with van der Waals surface area (Å²) in [6.07, 6.45) is 16.4. The van der Waals surface area contributed by atoms with E-state index >= 15 is 0 Å². The van der Waals surface area contributed by atoms with Crippen LogP contribution >= 0.6 is 0 Å². The van der Waals surface area contributed by atoms with Gasteiger partial charge < -0.3 is 10.2 Å². The first-order valence-corrected chi connectivity index (χ1v) is 12.0. The Morgan fingerprint density at radius 1 is 1.16 bits per heavy atom. The molecule has 1 aromatic carbocycles. The molecule has 1 unspecified atom stereocenters. The molecular formula is C28H36O4. The van der Waals surface area contributed by atoms with Crippen molar-refractivity contribution in [3.8, 4) is 0 Å². The number of unbranched alkanes of at least 4 members (excludes halogenated alkanes) is 1. The van der Waals surface area contributed by atoms with E-state index in [2.05, 4.69) is 24.3 Å². The lowest BCUT2D eigenvalue weighted by atomic mass is 9.87. The first kappa shape index (κ1) is 24.2. The summed E-state index contributed by atoms with van der Waals surface area (Å²) in [5.74, 6) is -0.0342. The minimum Gasteiger partial charge on any atom is -0.481 e. The van der Waals surface area contributed by atoms with Crippen LogP contribution in [0.2, 0.25) is 0 Å². The molecule has 172 valence electrons. The van der Waals surface area contributed by atoms with Gasteiger partial charge in [-0.05, 0) is 75.0 Å². The average molecular weight is 437 g/mol. The summed E-state index contributed by atoms with van der Waals surface area (Å²) in [7, 11) is 0. The van der Waals surface area contributed by atoms with Crippen LogP contribution < -0.4 is 0 Å². The Morgan fingerprint density at radius 3 is 2.56 bits per heavy atom. The van der Waals surface area contributed by atoms with Gasteiger partial charge in [0.2, 0.25) is 0 Å². The molecule has 0 spiro atoms. The van der Waals surface area contributed by atoms with Crippen LogP contribution in [0, 0.1) is 17.8 Å². The van der Waals surface area contributed by atoms with Crippen molar-refractivity contribution in [2.24, 2.45) is 17.8 Å². The summed E-state index contributed by atoms with van der Waals surface area (Å²) in [6, 6.07) is 8.69. The summed E-state index contributed by atoms with van der Waals surface area (Å²) < 4.78 is 0. The van der Waals surface area contributed by atoms with E-state index in [9.17, 15) is 14.7 Å². The summed E-state index contributed by atoms with van der Waals surface area (Å²) >= 11 is 0. The molecule has 2 N–H and O–H groups in total. The molecule has 32 heavy (non-hydrogen) atoms. The Labute approximate surface area is 191 Å². The maximum Gasteiger partial charge on any atom is 0.303 e. The van der Waals surface area contributed by atoms with Crippen LogP contribution in [0.5, 0.6) is 0 Å². The lowest BCUT2D eigenvalue weighted by Gasteiger charge is -2.16. The van der Waals surface area contributed by atoms with Gasteiger partial charge in [0, 0.05) is 18.3 Å². The zero-order chi connectivity index (χ0) is 22.9. The van der Waals surface area contributed by atoms with Crippen molar-refractivity contribution in [2.45, 2.75) is 70.8 Å². The highest BCUT2D eigenvalue weighted by molar-refractivity contribution is 5.96. The molecule has 0 heterocycles. The number of aliphatic carboxylic acids is 1. The van der Waals surface area contributed by atoms with E-state index in [1.165, 1.54) is 11.1 Å². The number of aliphatic hydroxyl groups is 1. The number of hydrogen-bond acceptors (Lipinski definition) is 3. The lowest BCUT2D eigenvalue weighted by Crippen LogP contribution is -2.15. The number of hydrogen-bond donors (Lipinski definition) is 2. The molecule has 3 rings (SSSR count). The zero-order valence-electron chi connectivity index (χ0n) is 19.1. The number of carbonyl (C=O) groups excluding carboxylic acids is 1. The number of benzene rings is 1. The number of carbonyl (C=O) groups is 2. The van der Waals surface area contributed by atoms with Crippen LogP contribution in [0.15, 0.2) is 60.2 Å². The standard InChI is InChI=1S/C28H36O4/c1-20-17-27(30)26(13-4-2-3-5-14-28(31)32)25(20)16-15-24(29)12-8-9-21-18-22-10-6-7-11-23(22)19-21/h2,4,6-7,10-11,15-17,21,24-26,29H,3,5,8-9,12-14,18-19H2,1H3,(H,31,32)/t24?,25-,26+/m0/s1. The van der Waals surface area contributed by atoms with Gasteiger partial charge in [0.15, 0.2) is 5.78 Å². The van der Waals surface area contributed by atoms with Crippen molar-refractivity contribution in [1.82, 2.24) is 0 Å². The predicted octanol–water partition coefficient (Wildman–Crippen LogP) is 5.45. The molecule has 0 saturated carbocycles. The van der Waals surface area contributed by atoms with Crippen LogP contribution in [0.3, 0.4) is 0 Å². The van der Waals surface area contributed by atoms with Gasteiger partial charge in [-0.2, -0.15) is 0 Å². The van der Waals surface area contributed by atoms with Gasteiger partial charge in [-0.25, -0.2) is 0 Å². The summed E-state index contributed by atoms with van der Waals surface area (Å²) in [5, 5.41) is 19.1. The van der Waals surface area contributed by atoms with Gasteiger partial charge in [0.1, 0.15) is 0 Å². The highest BCUT2D eigenvalue weighted by atomic mass is 16.4. The number of ketones is 1. The Hall–Kier alpha value is -2.46. The number of aliphatic hydroxyl groups excluding tert-OH is 1. The van der Waals surface area contributed by atoms with Gasteiger partial charge in [0.25, 0.3) is 0 Å². The number of allylic oxidation sites excluding steroid dienone is 5. The SMILES string of the molecule is CC1=CC(=O)[C@H](CC=CCCCC(=O)O)[C@H]1C=CC(O)CCCC1Cc2ccccc2C1. The lowest BCUT2D eigenvalue weighted by molar-refractivity contribution is -0.137. The smallest absolute Gasteiger partial charge is 0.303 e. The van der Waals surface area contributed by atoms with E-state index < -0.39 is 12.1 Å². The first-order valence-electron chi connectivity index (χ1n) is 12.0. The molecule has 4 nitrogen and oxygen atoms in total. The number of carboxylic acid groups (broad SMARTS) is 1. The van der Waals surface area contributed by atoms with E-state index in [0.29, 0.717) is 25.2 Å². The quantitative estimate of drug-likeness (QED) is 0.337. The van der Waals surface area contributed by atoms with Crippen molar-refractivity contribution in [1.29, 1.82) is 0 Å². The highest BCUT2D eigenvalue weighted by Gasteiger charge is 2.31. The Kier molecular flexibility index (Phi) is 9.04. The predicted molar refractivity (Wildman–Crippen MR) is 127 cm³/mol. The van der Waals surface area contributed by atoms with Crippen molar-refractivity contribution in [3.63, 3.8) is 0 Å². The first-order chi connectivity index (χ1) is 15.4. The molecule has 0 radical (unpaired) electrons. The van der Waals surface area contributed by atoms with Crippen LogP contribution in [0.1, 0.15) is 63.0 Å². The molecule has 0 amide bonds. The number of carboxylic acids is 1. The number of fused-ring (bicyclic) bond motifs is 1. The van der Waals surface area contributed by atoms with Crippen molar-refractivity contribution in [3.05, 3.63) is 71.3 Å². The molecular weight excluding hydrogens is 400 g/mol. The number of rotatable bonds is 12. The van der Waals surface area contributed by atoms with Crippen molar-refractivity contribution < 1.29 is 19.8 Å². The van der Waals surface area contributed by atoms with Crippen molar-refractivity contribution >= 4 is 11.8 Å². The second-order valence-electron chi connectivity index (χ2n) is 9.34. The molecule has 0 aliphatic heterocycles. The third-order valence-electron chi connectivity index (χ3n) is 6.80. The van der Waals surface area contributed by atoms with Crippen molar-refractivity contribution in [2.75, 3.05) is 0 Å². The Morgan fingerprint density at radius 2 is 1.88 bits per heavy atom. The molecule has 1 aromatic rings. The van der Waals surface area contributed by atoms with E-state index in [0.717, 1.165) is 37.7 Å². The fourth-order valence-corrected chi connectivity index (χ4v) is 5.02. The third kappa shape index (κ3) is 7.03. The molecule has 3 atom stereocenters.